The van der Waals surface area contributed by atoms with E-state index in [1.807, 2.05) is 30.3 Å². The summed E-state index contributed by atoms with van der Waals surface area (Å²) in [5.41, 5.74) is 1.17. The average Bonchev–Trinajstić information content (AvgIpc) is 3.06. The van der Waals surface area contributed by atoms with Crippen molar-refractivity contribution in [3.05, 3.63) is 65.7 Å². The number of carbonyl (C=O) groups excluding carboxylic acids is 5. The monoisotopic (exact) mass is 634 g/mol. The third-order valence-electron chi connectivity index (χ3n) is 8.31. The number of hydrogen-bond acceptors (Lipinski definition) is 7. The number of likely N-dealkylation sites (tertiary alicyclic amines) is 1. The lowest BCUT2D eigenvalue weighted by Gasteiger charge is -2.27. The first-order valence-electron chi connectivity index (χ1n) is 16.1. The first kappa shape index (κ1) is 34.4. The summed E-state index contributed by atoms with van der Waals surface area (Å²) in [4.78, 5) is 71.5. The zero-order chi connectivity index (χ0) is 32.9. The Morgan fingerprint density at radius 3 is 2.37 bits per heavy atom. The number of carbonyl (C=O) groups is 5. The highest BCUT2D eigenvalue weighted by atomic mass is 16.5. The Bertz CT molecular complexity index is 1350. The van der Waals surface area contributed by atoms with E-state index in [1.54, 1.807) is 31.2 Å². The number of hydrogen-bond donors (Lipinski definition) is 3. The minimum Gasteiger partial charge on any atom is -0.491 e. The van der Waals surface area contributed by atoms with E-state index in [1.165, 1.54) is 23.3 Å². The van der Waals surface area contributed by atoms with Crippen molar-refractivity contribution < 1.29 is 28.7 Å². The van der Waals surface area contributed by atoms with Crippen LogP contribution in [0.2, 0.25) is 0 Å². The molecule has 0 saturated carbocycles. The van der Waals surface area contributed by atoms with Gasteiger partial charge in [0.05, 0.1) is 31.1 Å². The second-order valence-electron chi connectivity index (χ2n) is 11.8. The minimum atomic E-state index is -1.18. The average molecular weight is 635 g/mol. The maximum Gasteiger partial charge on any atom is 0.255 e. The van der Waals surface area contributed by atoms with Crippen LogP contribution in [-0.2, 0) is 25.6 Å². The highest BCUT2D eigenvalue weighted by Gasteiger charge is 2.29. The van der Waals surface area contributed by atoms with Crippen molar-refractivity contribution in [1.82, 2.24) is 30.7 Å². The lowest BCUT2D eigenvalue weighted by molar-refractivity contribution is -0.142. The molecule has 248 valence electrons. The fraction of sp³-hybridized carbons (Fsp3) is 0.500. The maximum absolute atomic E-state index is 13.6. The summed E-state index contributed by atoms with van der Waals surface area (Å²) >= 11 is 0. The highest BCUT2D eigenvalue weighted by molar-refractivity contribution is 6.01. The summed E-state index contributed by atoms with van der Waals surface area (Å²) in [6.45, 7) is 4.51. The number of ether oxygens (including phenoxy) is 1. The quantitative estimate of drug-likeness (QED) is 0.416. The van der Waals surface area contributed by atoms with E-state index >= 15 is 0 Å². The minimum absolute atomic E-state index is 0.0467. The number of amides is 5. The number of benzene rings is 2. The second-order valence-corrected chi connectivity index (χ2v) is 11.8. The standard InChI is InChI=1S/C34H46N6O6/c1-3-40-23-32(43)38(2)22-30(41)36-26(20-25-12-6-4-7-13-25)24-46-29-15-9-8-14-27(29)33(44)37-28(21-31(40)42)34(45)35-16-19-39-17-10-5-11-18-39/h4,6-9,12-15,26,28H,3,5,10-11,16-24H2,1-2H3,(H,35,45)(H,36,41)(H,37,44)/t26-,28+/m1/s1. The van der Waals surface area contributed by atoms with Gasteiger partial charge < -0.3 is 35.4 Å². The fourth-order valence-corrected chi connectivity index (χ4v) is 5.65. The summed E-state index contributed by atoms with van der Waals surface area (Å²) < 4.78 is 6.11. The summed E-state index contributed by atoms with van der Waals surface area (Å²) in [6, 6.07) is 14.6. The van der Waals surface area contributed by atoms with Crippen molar-refractivity contribution in [3.63, 3.8) is 0 Å². The van der Waals surface area contributed by atoms with Gasteiger partial charge in [0, 0.05) is 26.7 Å². The van der Waals surface area contributed by atoms with Crippen LogP contribution < -0.4 is 20.7 Å². The molecule has 2 aliphatic heterocycles. The molecule has 4 rings (SSSR count). The van der Waals surface area contributed by atoms with Crippen molar-refractivity contribution >= 4 is 29.5 Å². The van der Waals surface area contributed by atoms with Crippen LogP contribution in [0.5, 0.6) is 5.75 Å². The van der Waals surface area contributed by atoms with Crippen LogP contribution in [0.1, 0.15) is 48.5 Å². The molecule has 2 aromatic rings. The van der Waals surface area contributed by atoms with Gasteiger partial charge in [-0.2, -0.15) is 0 Å². The number of piperidine rings is 1. The Labute approximate surface area is 270 Å². The number of likely N-dealkylation sites (N-methyl/N-ethyl adjacent to an activating group) is 2. The Morgan fingerprint density at radius 1 is 0.913 bits per heavy atom. The lowest BCUT2D eigenvalue weighted by atomic mass is 10.1. The Morgan fingerprint density at radius 2 is 1.63 bits per heavy atom. The molecule has 2 aliphatic rings. The summed E-state index contributed by atoms with van der Waals surface area (Å²) in [6.07, 6.45) is 3.57. The number of rotatable bonds is 7. The van der Waals surface area contributed by atoms with Gasteiger partial charge in [-0.1, -0.05) is 48.9 Å². The third-order valence-corrected chi connectivity index (χ3v) is 8.31. The van der Waals surface area contributed by atoms with E-state index in [0.29, 0.717) is 19.5 Å². The highest BCUT2D eigenvalue weighted by Crippen LogP contribution is 2.19. The first-order valence-corrected chi connectivity index (χ1v) is 16.1. The molecule has 0 aromatic heterocycles. The normalized spacial score (nSPS) is 21.0. The number of nitrogens with zero attached hydrogens (tertiary/aromatic N) is 3. The van der Waals surface area contributed by atoms with Gasteiger partial charge in [0.25, 0.3) is 5.91 Å². The third kappa shape index (κ3) is 10.3. The van der Waals surface area contributed by atoms with E-state index in [-0.39, 0.29) is 49.9 Å². The lowest BCUT2D eigenvalue weighted by Crippen LogP contribution is -2.51. The van der Waals surface area contributed by atoms with Gasteiger partial charge in [-0.3, -0.25) is 24.0 Å². The summed E-state index contributed by atoms with van der Waals surface area (Å²) in [5, 5.41) is 8.60. The fourth-order valence-electron chi connectivity index (χ4n) is 5.65. The predicted octanol–water partition coefficient (Wildman–Crippen LogP) is 1.20. The molecule has 1 fully saturated rings. The number of nitrogens with one attached hydrogen (secondary N) is 3. The van der Waals surface area contributed by atoms with Gasteiger partial charge >= 0.3 is 0 Å². The summed E-state index contributed by atoms with van der Waals surface area (Å²) in [7, 11) is 1.51. The SMILES string of the molecule is CCN1CC(=O)N(C)CC(=O)N[C@H](Cc2ccccc2)COc2ccccc2C(=O)N[C@H](C(=O)NCCN2CCCCC2)CC1=O. The van der Waals surface area contributed by atoms with Crippen LogP contribution in [-0.4, -0.2) is 116 Å². The van der Waals surface area contributed by atoms with E-state index < -0.39 is 35.7 Å². The van der Waals surface area contributed by atoms with Crippen molar-refractivity contribution in [2.24, 2.45) is 0 Å². The second kappa shape index (κ2) is 17.3. The molecule has 12 heteroatoms. The van der Waals surface area contributed by atoms with Crippen molar-refractivity contribution in [2.75, 3.05) is 59.5 Å². The van der Waals surface area contributed by atoms with Crippen molar-refractivity contribution in [3.8, 4) is 5.75 Å². The van der Waals surface area contributed by atoms with E-state index in [9.17, 15) is 24.0 Å². The molecule has 0 bridgehead atoms. The van der Waals surface area contributed by atoms with Gasteiger partial charge in [-0.15, -0.1) is 0 Å². The molecule has 0 radical (unpaired) electrons. The van der Waals surface area contributed by atoms with Crippen LogP contribution in [0.15, 0.2) is 54.6 Å². The molecular weight excluding hydrogens is 588 g/mol. The number of para-hydroxylation sites is 1. The molecule has 2 heterocycles. The Hall–Kier alpha value is -4.45. The van der Waals surface area contributed by atoms with Gasteiger partial charge in [-0.25, -0.2) is 0 Å². The zero-order valence-corrected chi connectivity index (χ0v) is 26.8. The van der Waals surface area contributed by atoms with E-state index in [2.05, 4.69) is 20.9 Å². The van der Waals surface area contributed by atoms with Gasteiger partial charge in [0.1, 0.15) is 18.4 Å². The molecule has 2 aromatic carbocycles. The van der Waals surface area contributed by atoms with Gasteiger partial charge in [-0.05, 0) is 57.0 Å². The van der Waals surface area contributed by atoms with Gasteiger partial charge in [0.2, 0.25) is 23.6 Å². The van der Waals surface area contributed by atoms with Crippen LogP contribution in [0, 0.1) is 0 Å². The zero-order valence-electron chi connectivity index (χ0n) is 26.8. The molecular formula is C34H46N6O6. The largest absolute Gasteiger partial charge is 0.491 e. The maximum atomic E-state index is 13.6. The number of fused-ring (bicyclic) bond motifs is 1. The molecule has 0 unspecified atom stereocenters. The Balaban J connectivity index is 1.57. The van der Waals surface area contributed by atoms with Crippen LogP contribution in [0.4, 0.5) is 0 Å². The van der Waals surface area contributed by atoms with Crippen LogP contribution in [0.3, 0.4) is 0 Å². The van der Waals surface area contributed by atoms with E-state index in [0.717, 1.165) is 31.5 Å². The van der Waals surface area contributed by atoms with Crippen LogP contribution in [0.25, 0.3) is 0 Å². The molecule has 2 atom stereocenters. The molecule has 0 aliphatic carbocycles. The molecule has 0 spiro atoms. The summed E-state index contributed by atoms with van der Waals surface area (Å²) in [5.74, 6) is -2.06. The predicted molar refractivity (Wildman–Crippen MR) is 173 cm³/mol. The molecule has 12 nitrogen and oxygen atoms in total. The molecule has 46 heavy (non-hydrogen) atoms. The molecule has 5 amide bonds. The first-order chi connectivity index (χ1) is 22.2. The van der Waals surface area contributed by atoms with Gasteiger partial charge in [0.15, 0.2) is 0 Å². The Kier molecular flexibility index (Phi) is 12.9. The molecule has 3 N–H and O–H groups in total. The van der Waals surface area contributed by atoms with Crippen molar-refractivity contribution in [2.45, 2.75) is 51.1 Å². The topological polar surface area (TPSA) is 140 Å². The molecule has 1 saturated heterocycles. The van der Waals surface area contributed by atoms with Crippen LogP contribution >= 0.6 is 0 Å². The smallest absolute Gasteiger partial charge is 0.255 e. The van der Waals surface area contributed by atoms with E-state index in [4.69, 9.17) is 4.74 Å². The van der Waals surface area contributed by atoms with Crippen molar-refractivity contribution in [1.29, 1.82) is 0 Å².